The lowest BCUT2D eigenvalue weighted by molar-refractivity contribution is -0.274. The van der Waals surface area contributed by atoms with Crippen LogP contribution in [0.15, 0.2) is 46.2 Å². The molecular weight excluding hydrogens is 464 g/mol. The van der Waals surface area contributed by atoms with E-state index >= 15 is 0 Å². The molecule has 0 bridgehead atoms. The average Bonchev–Trinajstić information content (AvgIpc) is 2.52. The molecule has 3 N–H and O–H groups in total. The van der Waals surface area contributed by atoms with Crippen LogP contribution in [0.5, 0.6) is 5.75 Å². The third-order valence-corrected chi connectivity index (χ3v) is 3.41. The van der Waals surface area contributed by atoms with Crippen molar-refractivity contribution in [2.45, 2.75) is 19.8 Å². The van der Waals surface area contributed by atoms with Crippen LogP contribution < -0.4 is 21.3 Å². The zero-order chi connectivity index (χ0) is 18.6. The van der Waals surface area contributed by atoms with Crippen LogP contribution in [-0.4, -0.2) is 16.9 Å². The van der Waals surface area contributed by atoms with Crippen molar-refractivity contribution >= 4 is 35.6 Å². The number of anilines is 1. The smallest absolute Gasteiger partial charge is 0.406 e. The van der Waals surface area contributed by atoms with Crippen LogP contribution in [-0.2, 0) is 13.6 Å². The van der Waals surface area contributed by atoms with Crippen LogP contribution >= 0.6 is 24.0 Å². The van der Waals surface area contributed by atoms with Gasteiger partial charge in [-0.05, 0) is 43.3 Å². The van der Waals surface area contributed by atoms with E-state index in [0.717, 1.165) is 17.8 Å². The number of pyridine rings is 1. The lowest BCUT2D eigenvalue weighted by Crippen LogP contribution is -2.25. The maximum atomic E-state index is 12.1. The predicted molar refractivity (Wildman–Crippen MR) is 104 cm³/mol. The van der Waals surface area contributed by atoms with Gasteiger partial charge in [-0.3, -0.25) is 4.79 Å². The number of guanidine groups is 1. The molecule has 0 unspecified atom stereocenters. The summed E-state index contributed by atoms with van der Waals surface area (Å²) in [6.45, 7) is 1.90. The predicted octanol–water partition coefficient (Wildman–Crippen LogP) is 3.14. The standard InChI is InChI=1S/C16H17F3N4O2.HI/c1-10-3-4-11(14(24)23(10)2)9-21-15(20)22-12-5-7-13(8-6-12)25-16(17,18)19;/h3-8H,9H2,1-2H3,(H3,20,21,22);1H. The molecule has 6 nitrogen and oxygen atoms in total. The number of nitrogens with zero attached hydrogens (tertiary/aromatic N) is 2. The van der Waals surface area contributed by atoms with Crippen LogP contribution in [0, 0.1) is 6.92 Å². The fourth-order valence-corrected chi connectivity index (χ4v) is 2.00. The number of rotatable bonds is 4. The molecule has 142 valence electrons. The normalized spacial score (nSPS) is 11.7. The Morgan fingerprint density at radius 1 is 1.23 bits per heavy atom. The van der Waals surface area contributed by atoms with Crippen molar-refractivity contribution in [3.63, 3.8) is 0 Å². The summed E-state index contributed by atoms with van der Waals surface area (Å²) in [7, 11) is 1.66. The largest absolute Gasteiger partial charge is 0.573 e. The first-order valence-electron chi connectivity index (χ1n) is 7.24. The van der Waals surface area contributed by atoms with E-state index in [2.05, 4.69) is 15.0 Å². The van der Waals surface area contributed by atoms with Gasteiger partial charge in [0.15, 0.2) is 5.96 Å². The number of aliphatic imine (C=N–C) groups is 1. The van der Waals surface area contributed by atoms with E-state index in [1.54, 1.807) is 19.2 Å². The van der Waals surface area contributed by atoms with Crippen molar-refractivity contribution in [3.8, 4) is 5.75 Å². The second kappa shape index (κ2) is 8.92. The van der Waals surface area contributed by atoms with Gasteiger partial charge in [0.05, 0.1) is 6.54 Å². The Kier molecular flexibility index (Phi) is 7.48. The van der Waals surface area contributed by atoms with Gasteiger partial charge in [0.2, 0.25) is 0 Å². The first-order valence-corrected chi connectivity index (χ1v) is 7.24. The zero-order valence-electron chi connectivity index (χ0n) is 14.0. The summed E-state index contributed by atoms with van der Waals surface area (Å²) in [6.07, 6.45) is -4.74. The van der Waals surface area contributed by atoms with Gasteiger partial charge in [-0.15, -0.1) is 37.1 Å². The second-order valence-corrected chi connectivity index (χ2v) is 5.26. The van der Waals surface area contributed by atoms with Crippen LogP contribution in [0.25, 0.3) is 0 Å². The highest BCUT2D eigenvalue weighted by Crippen LogP contribution is 2.23. The quantitative estimate of drug-likeness (QED) is 0.399. The van der Waals surface area contributed by atoms with Gasteiger partial charge in [-0.1, -0.05) is 0 Å². The van der Waals surface area contributed by atoms with Gasteiger partial charge >= 0.3 is 6.36 Å². The Balaban J connectivity index is 0.00000338. The number of aromatic nitrogens is 1. The maximum Gasteiger partial charge on any atom is 0.573 e. The van der Waals surface area contributed by atoms with E-state index in [1.807, 2.05) is 6.92 Å². The maximum absolute atomic E-state index is 12.1. The first-order chi connectivity index (χ1) is 11.7. The molecule has 0 saturated heterocycles. The minimum absolute atomic E-state index is 0. The van der Waals surface area contributed by atoms with Gasteiger partial charge in [-0.25, -0.2) is 4.99 Å². The Hall–Kier alpha value is -2.24. The van der Waals surface area contributed by atoms with Crippen molar-refractivity contribution in [1.82, 2.24) is 4.57 Å². The van der Waals surface area contributed by atoms with Crippen molar-refractivity contribution in [1.29, 1.82) is 0 Å². The molecule has 0 aliphatic heterocycles. The average molecular weight is 482 g/mol. The molecule has 2 rings (SSSR count). The van der Waals surface area contributed by atoms with Crippen molar-refractivity contribution in [2.24, 2.45) is 17.8 Å². The summed E-state index contributed by atoms with van der Waals surface area (Å²) < 4.78 is 41.6. The number of alkyl halides is 3. The Morgan fingerprint density at radius 3 is 2.42 bits per heavy atom. The van der Waals surface area contributed by atoms with Gasteiger partial charge in [0.1, 0.15) is 5.75 Å². The van der Waals surface area contributed by atoms with Crippen LogP contribution in [0.1, 0.15) is 11.3 Å². The molecule has 10 heteroatoms. The number of nitrogens with one attached hydrogen (secondary N) is 1. The summed E-state index contributed by atoms with van der Waals surface area (Å²) in [4.78, 5) is 16.1. The molecule has 26 heavy (non-hydrogen) atoms. The number of aryl methyl sites for hydroxylation is 1. The van der Waals surface area contributed by atoms with Crippen LogP contribution in [0.2, 0.25) is 0 Å². The molecule has 1 aromatic heterocycles. The zero-order valence-corrected chi connectivity index (χ0v) is 16.3. The number of ether oxygens (including phenoxy) is 1. The molecule has 0 fully saturated rings. The summed E-state index contributed by atoms with van der Waals surface area (Å²) >= 11 is 0. The van der Waals surface area contributed by atoms with E-state index in [0.29, 0.717) is 11.3 Å². The van der Waals surface area contributed by atoms with E-state index in [-0.39, 0.29) is 47.8 Å². The summed E-state index contributed by atoms with van der Waals surface area (Å²) in [5, 5.41) is 2.73. The monoisotopic (exact) mass is 482 g/mol. The highest BCUT2D eigenvalue weighted by Gasteiger charge is 2.30. The summed E-state index contributed by atoms with van der Waals surface area (Å²) in [5.41, 5.74) is 7.31. The Morgan fingerprint density at radius 2 is 1.85 bits per heavy atom. The summed E-state index contributed by atoms with van der Waals surface area (Å²) in [6, 6.07) is 8.52. The topological polar surface area (TPSA) is 81.6 Å². The molecule has 0 spiro atoms. The lowest BCUT2D eigenvalue weighted by Gasteiger charge is -2.10. The van der Waals surface area contributed by atoms with Gasteiger partial charge in [0.25, 0.3) is 5.56 Å². The SMILES string of the molecule is Cc1ccc(CN=C(N)Nc2ccc(OC(F)(F)F)cc2)c(=O)n1C.I. The van der Waals surface area contributed by atoms with Crippen molar-refractivity contribution in [3.05, 3.63) is 58.0 Å². The minimum atomic E-state index is -4.74. The van der Waals surface area contributed by atoms with Gasteiger partial charge in [0, 0.05) is 24.0 Å². The molecule has 2 aromatic rings. The number of hydrogen-bond acceptors (Lipinski definition) is 3. The molecule has 0 atom stereocenters. The lowest BCUT2D eigenvalue weighted by atomic mass is 10.2. The fraction of sp³-hybridized carbons (Fsp3) is 0.250. The van der Waals surface area contributed by atoms with E-state index in [1.165, 1.54) is 16.7 Å². The molecule has 1 heterocycles. The third kappa shape index (κ3) is 6.24. The number of hydrogen-bond donors (Lipinski definition) is 2. The minimum Gasteiger partial charge on any atom is -0.406 e. The molecule has 0 aliphatic carbocycles. The van der Waals surface area contributed by atoms with E-state index in [9.17, 15) is 18.0 Å². The fourth-order valence-electron chi connectivity index (χ4n) is 2.00. The number of benzene rings is 1. The van der Waals surface area contributed by atoms with Gasteiger partial charge < -0.3 is 20.4 Å². The summed E-state index contributed by atoms with van der Waals surface area (Å²) in [5.74, 6) is -0.302. The van der Waals surface area contributed by atoms with E-state index < -0.39 is 6.36 Å². The number of halogens is 4. The highest BCUT2D eigenvalue weighted by molar-refractivity contribution is 14.0. The van der Waals surface area contributed by atoms with Crippen LogP contribution in [0.4, 0.5) is 18.9 Å². The van der Waals surface area contributed by atoms with Crippen LogP contribution in [0.3, 0.4) is 0 Å². The van der Waals surface area contributed by atoms with E-state index in [4.69, 9.17) is 5.73 Å². The van der Waals surface area contributed by atoms with Crippen molar-refractivity contribution < 1.29 is 17.9 Å². The number of nitrogens with two attached hydrogens (primary N) is 1. The molecule has 0 radical (unpaired) electrons. The highest BCUT2D eigenvalue weighted by atomic mass is 127. The molecule has 1 aromatic carbocycles. The first kappa shape index (κ1) is 21.8. The second-order valence-electron chi connectivity index (χ2n) is 5.26. The molecule has 0 amide bonds. The third-order valence-electron chi connectivity index (χ3n) is 3.41. The molecular formula is C16H18F3IN4O2. The molecule has 0 aliphatic rings. The van der Waals surface area contributed by atoms with Crippen molar-refractivity contribution in [2.75, 3.05) is 5.32 Å². The van der Waals surface area contributed by atoms with Gasteiger partial charge in [-0.2, -0.15) is 0 Å². The molecule has 0 saturated carbocycles. The Labute approximate surface area is 164 Å². The Bertz CT molecular complexity index is 833.